The highest BCUT2D eigenvalue weighted by atomic mass is 16.5. The van der Waals surface area contributed by atoms with Gasteiger partial charge >= 0.3 is 5.97 Å². The molecule has 0 spiro atoms. The van der Waals surface area contributed by atoms with Crippen LogP contribution in [0.1, 0.15) is 51.3 Å². The molecular formula is C20H22N2O4. The van der Waals surface area contributed by atoms with Gasteiger partial charge in [0.2, 0.25) is 0 Å². The number of benzene rings is 2. The van der Waals surface area contributed by atoms with Crippen LogP contribution in [0.5, 0.6) is 0 Å². The van der Waals surface area contributed by atoms with Crippen molar-refractivity contribution in [1.82, 2.24) is 5.32 Å². The maximum absolute atomic E-state index is 12.5. The van der Waals surface area contributed by atoms with Crippen molar-refractivity contribution in [2.75, 3.05) is 12.4 Å². The molecule has 0 saturated carbocycles. The largest absolute Gasteiger partial charge is 0.465 e. The molecule has 0 bridgehead atoms. The Bertz CT molecular complexity index is 817. The van der Waals surface area contributed by atoms with Crippen LogP contribution >= 0.6 is 0 Å². The van der Waals surface area contributed by atoms with E-state index in [-0.39, 0.29) is 17.9 Å². The normalized spacial score (nSPS) is 11.3. The SMILES string of the molecule is CCC(C)NC(=O)c1cccc(C(=O)Nc2cccc(C(=O)OC)c2)c1. The van der Waals surface area contributed by atoms with E-state index in [9.17, 15) is 14.4 Å². The second-order valence-corrected chi connectivity index (χ2v) is 5.89. The van der Waals surface area contributed by atoms with Gasteiger partial charge in [-0.05, 0) is 49.7 Å². The smallest absolute Gasteiger partial charge is 0.337 e. The molecule has 2 N–H and O–H groups in total. The summed E-state index contributed by atoms with van der Waals surface area (Å²) in [4.78, 5) is 36.2. The monoisotopic (exact) mass is 354 g/mol. The lowest BCUT2D eigenvalue weighted by Gasteiger charge is -2.12. The van der Waals surface area contributed by atoms with E-state index >= 15 is 0 Å². The summed E-state index contributed by atoms with van der Waals surface area (Å²) in [5.74, 6) is -1.07. The summed E-state index contributed by atoms with van der Waals surface area (Å²) in [6.07, 6.45) is 0.822. The second-order valence-electron chi connectivity index (χ2n) is 5.89. The predicted octanol–water partition coefficient (Wildman–Crippen LogP) is 3.25. The van der Waals surface area contributed by atoms with Gasteiger partial charge in [-0.25, -0.2) is 4.79 Å². The third-order valence-corrected chi connectivity index (χ3v) is 3.92. The van der Waals surface area contributed by atoms with Gasteiger partial charge in [0.05, 0.1) is 12.7 Å². The third-order valence-electron chi connectivity index (χ3n) is 3.92. The first kappa shape index (κ1) is 19.2. The number of hydrogen-bond donors (Lipinski definition) is 2. The molecule has 0 radical (unpaired) electrons. The molecule has 6 heteroatoms. The zero-order chi connectivity index (χ0) is 19.1. The molecule has 26 heavy (non-hydrogen) atoms. The summed E-state index contributed by atoms with van der Waals surface area (Å²) in [5, 5.41) is 5.58. The molecule has 0 aliphatic rings. The van der Waals surface area contributed by atoms with Gasteiger partial charge in [-0.2, -0.15) is 0 Å². The fourth-order valence-electron chi connectivity index (χ4n) is 2.26. The third kappa shape index (κ3) is 4.92. The average molecular weight is 354 g/mol. The molecule has 0 aromatic heterocycles. The molecule has 1 unspecified atom stereocenters. The molecular weight excluding hydrogens is 332 g/mol. The van der Waals surface area contributed by atoms with Gasteiger partial charge in [0.1, 0.15) is 0 Å². The van der Waals surface area contributed by atoms with E-state index in [0.717, 1.165) is 6.42 Å². The molecule has 0 heterocycles. The molecule has 0 saturated heterocycles. The van der Waals surface area contributed by atoms with Crippen LogP contribution in [-0.4, -0.2) is 30.9 Å². The Kier molecular flexibility index (Phi) is 6.49. The number of rotatable bonds is 6. The highest BCUT2D eigenvalue weighted by Crippen LogP contribution is 2.14. The summed E-state index contributed by atoms with van der Waals surface area (Å²) < 4.78 is 4.67. The fraction of sp³-hybridized carbons (Fsp3) is 0.250. The molecule has 0 aliphatic carbocycles. The standard InChI is InChI=1S/C20H22N2O4/c1-4-13(2)21-18(23)14-7-5-8-15(11-14)19(24)22-17-10-6-9-16(12-17)20(25)26-3/h5-13H,4H2,1-3H3,(H,21,23)(H,22,24). The van der Waals surface area contributed by atoms with Crippen molar-refractivity contribution in [2.24, 2.45) is 0 Å². The summed E-state index contributed by atoms with van der Waals surface area (Å²) in [6, 6.07) is 13.0. The van der Waals surface area contributed by atoms with E-state index in [4.69, 9.17) is 0 Å². The van der Waals surface area contributed by atoms with Crippen LogP contribution in [0.2, 0.25) is 0 Å². The maximum Gasteiger partial charge on any atom is 0.337 e. The Morgan fingerprint density at radius 2 is 1.58 bits per heavy atom. The van der Waals surface area contributed by atoms with Crippen LogP contribution in [0.25, 0.3) is 0 Å². The van der Waals surface area contributed by atoms with Gasteiger partial charge in [0, 0.05) is 22.9 Å². The quantitative estimate of drug-likeness (QED) is 0.780. The molecule has 2 amide bonds. The van der Waals surface area contributed by atoms with Gasteiger partial charge in [-0.1, -0.05) is 19.1 Å². The zero-order valence-corrected chi connectivity index (χ0v) is 15.0. The van der Waals surface area contributed by atoms with E-state index < -0.39 is 5.97 Å². The number of amides is 2. The molecule has 2 rings (SSSR count). The minimum Gasteiger partial charge on any atom is -0.465 e. The first-order valence-electron chi connectivity index (χ1n) is 8.35. The Labute approximate surface area is 152 Å². The lowest BCUT2D eigenvalue weighted by Crippen LogP contribution is -2.32. The first-order valence-corrected chi connectivity index (χ1v) is 8.35. The van der Waals surface area contributed by atoms with E-state index in [1.54, 1.807) is 36.4 Å². The molecule has 136 valence electrons. The lowest BCUT2D eigenvalue weighted by molar-refractivity contribution is 0.0600. The van der Waals surface area contributed by atoms with Crippen LogP contribution in [0, 0.1) is 0 Å². The Morgan fingerprint density at radius 3 is 2.23 bits per heavy atom. The lowest BCUT2D eigenvalue weighted by atomic mass is 10.1. The number of esters is 1. The fourth-order valence-corrected chi connectivity index (χ4v) is 2.26. The van der Waals surface area contributed by atoms with Gasteiger partial charge in [0.15, 0.2) is 0 Å². The van der Waals surface area contributed by atoms with Gasteiger partial charge < -0.3 is 15.4 Å². The highest BCUT2D eigenvalue weighted by molar-refractivity contribution is 6.06. The number of hydrogen-bond acceptors (Lipinski definition) is 4. The van der Waals surface area contributed by atoms with Crippen molar-refractivity contribution < 1.29 is 19.1 Å². The number of methoxy groups -OCH3 is 1. The predicted molar refractivity (Wildman–Crippen MR) is 99.4 cm³/mol. The molecule has 0 aliphatic heterocycles. The molecule has 2 aromatic carbocycles. The Hall–Kier alpha value is -3.15. The van der Waals surface area contributed by atoms with E-state index in [0.29, 0.717) is 22.4 Å². The number of ether oxygens (including phenoxy) is 1. The highest BCUT2D eigenvalue weighted by Gasteiger charge is 2.13. The molecule has 6 nitrogen and oxygen atoms in total. The van der Waals surface area contributed by atoms with Crippen molar-refractivity contribution in [3.05, 3.63) is 65.2 Å². The summed E-state index contributed by atoms with van der Waals surface area (Å²) in [6.45, 7) is 3.90. The van der Waals surface area contributed by atoms with E-state index in [2.05, 4.69) is 15.4 Å². The van der Waals surface area contributed by atoms with Crippen molar-refractivity contribution in [1.29, 1.82) is 0 Å². The van der Waals surface area contributed by atoms with Crippen molar-refractivity contribution in [3.8, 4) is 0 Å². The summed E-state index contributed by atoms with van der Waals surface area (Å²) >= 11 is 0. The molecule has 1 atom stereocenters. The maximum atomic E-state index is 12.5. The van der Waals surface area contributed by atoms with Gasteiger partial charge in [-0.15, -0.1) is 0 Å². The van der Waals surface area contributed by atoms with Gasteiger partial charge in [0.25, 0.3) is 11.8 Å². The first-order chi connectivity index (χ1) is 12.4. The molecule has 0 fully saturated rings. The topological polar surface area (TPSA) is 84.5 Å². The number of nitrogens with one attached hydrogen (secondary N) is 2. The minimum absolute atomic E-state index is 0.0565. The van der Waals surface area contributed by atoms with Crippen LogP contribution in [0.15, 0.2) is 48.5 Å². The van der Waals surface area contributed by atoms with Crippen LogP contribution in [0.4, 0.5) is 5.69 Å². The minimum atomic E-state index is -0.482. The second kappa shape index (κ2) is 8.80. The van der Waals surface area contributed by atoms with E-state index in [1.807, 2.05) is 13.8 Å². The number of carbonyl (C=O) groups excluding carboxylic acids is 3. The van der Waals surface area contributed by atoms with Crippen LogP contribution in [-0.2, 0) is 4.74 Å². The van der Waals surface area contributed by atoms with Crippen molar-refractivity contribution in [3.63, 3.8) is 0 Å². The van der Waals surface area contributed by atoms with Crippen LogP contribution < -0.4 is 10.6 Å². The Morgan fingerprint density at radius 1 is 0.962 bits per heavy atom. The average Bonchev–Trinajstić information content (AvgIpc) is 2.67. The van der Waals surface area contributed by atoms with E-state index in [1.165, 1.54) is 19.2 Å². The number of anilines is 1. The van der Waals surface area contributed by atoms with Crippen LogP contribution in [0.3, 0.4) is 0 Å². The van der Waals surface area contributed by atoms with Crippen molar-refractivity contribution in [2.45, 2.75) is 26.3 Å². The molecule has 2 aromatic rings. The van der Waals surface area contributed by atoms with Gasteiger partial charge in [-0.3, -0.25) is 9.59 Å². The summed E-state index contributed by atoms with van der Waals surface area (Å²) in [7, 11) is 1.30. The van der Waals surface area contributed by atoms with Crippen molar-refractivity contribution >= 4 is 23.5 Å². The Balaban J connectivity index is 2.14. The number of carbonyl (C=O) groups is 3. The summed E-state index contributed by atoms with van der Waals surface area (Å²) in [5.41, 5.74) is 1.57. The zero-order valence-electron chi connectivity index (χ0n) is 15.0.